The molecule has 1 fully saturated rings. The smallest absolute Gasteiger partial charge is 0.243 e. The van der Waals surface area contributed by atoms with Crippen molar-refractivity contribution < 1.29 is 17.6 Å². The molecule has 1 amide bonds. The number of carbonyl (C=O) groups excluding carboxylic acids is 1. The Morgan fingerprint density at radius 1 is 0.882 bits per heavy atom. The van der Waals surface area contributed by atoms with E-state index in [1.54, 1.807) is 29.2 Å². The van der Waals surface area contributed by atoms with Crippen LogP contribution in [0.25, 0.3) is 0 Å². The van der Waals surface area contributed by atoms with Crippen molar-refractivity contribution in [3.8, 4) is 0 Å². The summed E-state index contributed by atoms with van der Waals surface area (Å²) in [6, 6.07) is 22.2. The topological polar surface area (TPSA) is 60.9 Å². The summed E-state index contributed by atoms with van der Waals surface area (Å²) >= 11 is 0. The third-order valence-corrected chi connectivity index (χ3v) is 7.80. The zero-order valence-electron chi connectivity index (χ0n) is 19.1. The molecule has 0 N–H and O–H groups in total. The molecule has 1 aliphatic heterocycles. The van der Waals surface area contributed by atoms with Gasteiger partial charge in [-0.15, -0.1) is 0 Å². The van der Waals surface area contributed by atoms with Crippen molar-refractivity contribution in [2.24, 2.45) is 0 Å². The number of carbonyl (C=O) groups is 1. The standard InChI is InChI=1S/C26H28FN3O3S/c1-21-7-13-25(14-8-21)34(32,33)30(19-22-9-11-23(27)12-10-22)20-26(31)29-17-15-28(16-18-29)24-5-3-2-4-6-24/h2-14H,15-20H2,1H3. The van der Waals surface area contributed by atoms with E-state index in [2.05, 4.69) is 4.90 Å². The maximum Gasteiger partial charge on any atom is 0.243 e. The summed E-state index contributed by atoms with van der Waals surface area (Å²) in [5, 5.41) is 0. The van der Waals surface area contributed by atoms with E-state index in [0.29, 0.717) is 31.7 Å². The molecular weight excluding hydrogens is 453 g/mol. The summed E-state index contributed by atoms with van der Waals surface area (Å²) in [7, 11) is -3.93. The third-order valence-electron chi connectivity index (χ3n) is 6.00. The van der Waals surface area contributed by atoms with E-state index in [1.165, 1.54) is 28.6 Å². The SMILES string of the molecule is Cc1ccc(S(=O)(=O)N(CC(=O)N2CCN(c3ccccc3)CC2)Cc2ccc(F)cc2)cc1. The van der Waals surface area contributed by atoms with Crippen LogP contribution in [0.2, 0.25) is 0 Å². The maximum absolute atomic E-state index is 13.4. The average Bonchev–Trinajstić information content (AvgIpc) is 2.86. The van der Waals surface area contributed by atoms with Gasteiger partial charge in [-0.25, -0.2) is 12.8 Å². The Morgan fingerprint density at radius 2 is 1.50 bits per heavy atom. The fourth-order valence-corrected chi connectivity index (χ4v) is 5.36. The first-order valence-corrected chi connectivity index (χ1v) is 12.7. The number of rotatable bonds is 7. The highest BCUT2D eigenvalue weighted by atomic mass is 32.2. The number of sulfonamides is 1. The molecule has 8 heteroatoms. The molecule has 4 rings (SSSR count). The molecule has 0 unspecified atom stereocenters. The number of halogens is 1. The molecule has 1 saturated heterocycles. The van der Waals surface area contributed by atoms with Crippen LogP contribution in [0.3, 0.4) is 0 Å². The van der Waals surface area contributed by atoms with Crippen molar-refractivity contribution in [2.45, 2.75) is 18.4 Å². The lowest BCUT2D eigenvalue weighted by Gasteiger charge is -2.37. The molecule has 178 valence electrons. The monoisotopic (exact) mass is 481 g/mol. The quantitative estimate of drug-likeness (QED) is 0.517. The first kappa shape index (κ1) is 23.9. The van der Waals surface area contributed by atoms with Crippen molar-refractivity contribution in [3.05, 3.63) is 95.8 Å². The average molecular weight is 482 g/mol. The Hall–Kier alpha value is -3.23. The first-order valence-electron chi connectivity index (χ1n) is 11.2. The zero-order chi connectivity index (χ0) is 24.1. The van der Waals surface area contributed by atoms with Crippen LogP contribution in [-0.2, 0) is 21.4 Å². The molecule has 0 radical (unpaired) electrons. The third kappa shape index (κ3) is 5.63. The summed E-state index contributed by atoms with van der Waals surface area (Å²) in [4.78, 5) is 17.2. The van der Waals surface area contributed by atoms with Gasteiger partial charge in [0.1, 0.15) is 5.82 Å². The minimum atomic E-state index is -3.93. The minimum absolute atomic E-state index is 0.0216. The van der Waals surface area contributed by atoms with Gasteiger partial charge in [0.15, 0.2) is 0 Å². The van der Waals surface area contributed by atoms with Gasteiger partial charge < -0.3 is 9.80 Å². The number of para-hydroxylation sites is 1. The van der Waals surface area contributed by atoms with Crippen molar-refractivity contribution in [3.63, 3.8) is 0 Å². The van der Waals surface area contributed by atoms with Crippen molar-refractivity contribution in [2.75, 3.05) is 37.6 Å². The Morgan fingerprint density at radius 3 is 2.12 bits per heavy atom. The second kappa shape index (κ2) is 10.4. The summed E-state index contributed by atoms with van der Waals surface area (Å²) in [6.07, 6.45) is 0. The minimum Gasteiger partial charge on any atom is -0.368 e. The van der Waals surface area contributed by atoms with E-state index in [9.17, 15) is 17.6 Å². The molecule has 0 aliphatic carbocycles. The van der Waals surface area contributed by atoms with E-state index in [0.717, 1.165) is 11.3 Å². The number of aryl methyl sites for hydroxylation is 1. The number of nitrogens with zero attached hydrogens (tertiary/aromatic N) is 3. The number of benzene rings is 3. The van der Waals surface area contributed by atoms with E-state index >= 15 is 0 Å². The Balaban J connectivity index is 1.50. The van der Waals surface area contributed by atoms with Crippen molar-refractivity contribution >= 4 is 21.6 Å². The number of piperazine rings is 1. The molecule has 0 atom stereocenters. The summed E-state index contributed by atoms with van der Waals surface area (Å²) in [5.41, 5.74) is 2.66. The largest absolute Gasteiger partial charge is 0.368 e. The van der Waals surface area contributed by atoms with Crippen LogP contribution in [0.4, 0.5) is 10.1 Å². The van der Waals surface area contributed by atoms with E-state index in [1.807, 2.05) is 37.3 Å². The van der Waals surface area contributed by atoms with Gasteiger partial charge in [-0.05, 0) is 48.9 Å². The molecule has 3 aromatic carbocycles. The fraction of sp³-hybridized carbons (Fsp3) is 0.269. The normalized spacial score (nSPS) is 14.4. The molecule has 0 bridgehead atoms. The number of anilines is 1. The summed E-state index contributed by atoms with van der Waals surface area (Å²) < 4.78 is 41.4. The predicted molar refractivity (Wildman–Crippen MR) is 130 cm³/mol. The van der Waals surface area contributed by atoms with Crippen LogP contribution in [-0.4, -0.2) is 56.3 Å². The highest BCUT2D eigenvalue weighted by Gasteiger charge is 2.30. The molecule has 1 aliphatic rings. The van der Waals surface area contributed by atoms with Gasteiger partial charge in [-0.2, -0.15) is 4.31 Å². The molecular formula is C26H28FN3O3S. The molecule has 6 nitrogen and oxygen atoms in total. The van der Waals surface area contributed by atoms with Crippen molar-refractivity contribution in [1.29, 1.82) is 0 Å². The van der Waals surface area contributed by atoms with Gasteiger partial charge in [0.25, 0.3) is 0 Å². The van der Waals surface area contributed by atoms with Crippen LogP contribution in [0.15, 0.2) is 83.8 Å². The van der Waals surface area contributed by atoms with Crippen LogP contribution in [0, 0.1) is 12.7 Å². The summed E-state index contributed by atoms with van der Waals surface area (Å²) in [6.45, 7) is 3.97. The zero-order valence-corrected chi connectivity index (χ0v) is 19.9. The van der Waals surface area contributed by atoms with Crippen LogP contribution in [0.5, 0.6) is 0 Å². The lowest BCUT2D eigenvalue weighted by atomic mass is 10.2. The lowest BCUT2D eigenvalue weighted by Crippen LogP contribution is -2.51. The number of hydrogen-bond acceptors (Lipinski definition) is 4. The van der Waals surface area contributed by atoms with Crippen LogP contribution >= 0.6 is 0 Å². The Labute approximate surface area is 200 Å². The van der Waals surface area contributed by atoms with E-state index < -0.39 is 15.8 Å². The Bertz CT molecular complexity index is 1210. The number of amides is 1. The second-order valence-corrected chi connectivity index (χ2v) is 10.4. The van der Waals surface area contributed by atoms with Gasteiger partial charge >= 0.3 is 0 Å². The molecule has 0 saturated carbocycles. The molecule has 0 aromatic heterocycles. The van der Waals surface area contributed by atoms with Gasteiger partial charge in [-0.3, -0.25) is 4.79 Å². The predicted octanol–water partition coefficient (Wildman–Crippen LogP) is 3.67. The van der Waals surface area contributed by atoms with E-state index in [4.69, 9.17) is 0 Å². The van der Waals surface area contributed by atoms with Gasteiger partial charge in [0, 0.05) is 38.4 Å². The van der Waals surface area contributed by atoms with Gasteiger partial charge in [0.2, 0.25) is 15.9 Å². The Kier molecular flexibility index (Phi) is 7.29. The summed E-state index contributed by atoms with van der Waals surface area (Å²) in [5.74, 6) is -0.644. The lowest BCUT2D eigenvalue weighted by molar-refractivity contribution is -0.131. The first-order chi connectivity index (χ1) is 16.3. The molecule has 0 spiro atoms. The second-order valence-electron chi connectivity index (χ2n) is 8.42. The van der Waals surface area contributed by atoms with Crippen molar-refractivity contribution in [1.82, 2.24) is 9.21 Å². The highest BCUT2D eigenvalue weighted by Crippen LogP contribution is 2.21. The van der Waals surface area contributed by atoms with Crippen LogP contribution in [0.1, 0.15) is 11.1 Å². The maximum atomic E-state index is 13.4. The number of hydrogen-bond donors (Lipinski definition) is 0. The molecule has 34 heavy (non-hydrogen) atoms. The molecule has 3 aromatic rings. The van der Waals surface area contributed by atoms with E-state index in [-0.39, 0.29) is 23.9 Å². The highest BCUT2D eigenvalue weighted by molar-refractivity contribution is 7.89. The van der Waals surface area contributed by atoms with Crippen LogP contribution < -0.4 is 4.90 Å². The van der Waals surface area contributed by atoms with Gasteiger partial charge in [-0.1, -0.05) is 48.0 Å². The molecule has 1 heterocycles. The van der Waals surface area contributed by atoms with Gasteiger partial charge in [0.05, 0.1) is 11.4 Å². The fourth-order valence-electron chi connectivity index (χ4n) is 3.98.